The van der Waals surface area contributed by atoms with Crippen LogP contribution in [0.2, 0.25) is 0 Å². The monoisotopic (exact) mass is 243 g/mol. The molecule has 1 saturated heterocycles. The quantitative estimate of drug-likeness (QED) is 0.789. The molecule has 5 heteroatoms. The summed E-state index contributed by atoms with van der Waals surface area (Å²) in [5.41, 5.74) is 0. The third-order valence-corrected chi connectivity index (χ3v) is 2.94. The SMILES string of the molecule is CCCN(C(=O)C1CCC(C(=O)O)O1)C(C)C. The molecule has 0 bridgehead atoms. The van der Waals surface area contributed by atoms with Crippen LogP contribution in [0.3, 0.4) is 0 Å². The number of hydrogen-bond donors (Lipinski definition) is 1. The fourth-order valence-corrected chi connectivity index (χ4v) is 2.05. The van der Waals surface area contributed by atoms with E-state index < -0.39 is 18.2 Å². The second-order valence-electron chi connectivity index (χ2n) is 4.65. The van der Waals surface area contributed by atoms with Crippen molar-refractivity contribution in [3.05, 3.63) is 0 Å². The summed E-state index contributed by atoms with van der Waals surface area (Å²) in [4.78, 5) is 24.7. The van der Waals surface area contributed by atoms with Crippen LogP contribution < -0.4 is 0 Å². The summed E-state index contributed by atoms with van der Waals surface area (Å²) in [6.07, 6.45) is 0.413. The highest BCUT2D eigenvalue weighted by atomic mass is 16.5. The van der Waals surface area contributed by atoms with Gasteiger partial charge in [-0.15, -0.1) is 0 Å². The zero-order valence-electron chi connectivity index (χ0n) is 10.7. The van der Waals surface area contributed by atoms with Crippen molar-refractivity contribution in [3.63, 3.8) is 0 Å². The molecule has 5 nitrogen and oxygen atoms in total. The van der Waals surface area contributed by atoms with Gasteiger partial charge in [0.2, 0.25) is 0 Å². The average Bonchev–Trinajstić information content (AvgIpc) is 2.73. The minimum Gasteiger partial charge on any atom is -0.479 e. The van der Waals surface area contributed by atoms with Gasteiger partial charge in [-0.05, 0) is 33.1 Å². The van der Waals surface area contributed by atoms with Gasteiger partial charge in [-0.3, -0.25) is 4.79 Å². The molecular formula is C12H21NO4. The molecule has 0 aromatic rings. The fourth-order valence-electron chi connectivity index (χ4n) is 2.05. The van der Waals surface area contributed by atoms with Gasteiger partial charge in [0.15, 0.2) is 6.10 Å². The van der Waals surface area contributed by atoms with Crippen molar-refractivity contribution in [3.8, 4) is 0 Å². The van der Waals surface area contributed by atoms with Crippen LogP contribution in [-0.2, 0) is 14.3 Å². The molecule has 0 radical (unpaired) electrons. The van der Waals surface area contributed by atoms with Crippen molar-refractivity contribution in [2.45, 2.75) is 58.3 Å². The van der Waals surface area contributed by atoms with Crippen LogP contribution in [-0.4, -0.2) is 46.7 Å². The molecule has 0 aliphatic carbocycles. The molecule has 1 fully saturated rings. The summed E-state index contributed by atoms with van der Waals surface area (Å²) >= 11 is 0. The molecule has 1 heterocycles. The van der Waals surface area contributed by atoms with E-state index in [-0.39, 0.29) is 11.9 Å². The maximum Gasteiger partial charge on any atom is 0.332 e. The zero-order valence-corrected chi connectivity index (χ0v) is 10.7. The Balaban J connectivity index is 2.60. The summed E-state index contributed by atoms with van der Waals surface area (Å²) in [5, 5.41) is 8.81. The molecule has 0 saturated carbocycles. The zero-order chi connectivity index (χ0) is 13.0. The van der Waals surface area contributed by atoms with Gasteiger partial charge in [0.25, 0.3) is 5.91 Å². The summed E-state index contributed by atoms with van der Waals surface area (Å²) in [6, 6.07) is 0.120. The predicted octanol–water partition coefficient (Wildman–Crippen LogP) is 1.27. The minimum absolute atomic E-state index is 0.0781. The van der Waals surface area contributed by atoms with Crippen LogP contribution in [0.25, 0.3) is 0 Å². The highest BCUT2D eigenvalue weighted by molar-refractivity contribution is 5.83. The van der Waals surface area contributed by atoms with E-state index in [1.807, 2.05) is 20.8 Å². The number of carboxylic acid groups (broad SMARTS) is 1. The summed E-state index contributed by atoms with van der Waals surface area (Å²) in [5.74, 6) is -1.06. The van der Waals surface area contributed by atoms with Crippen LogP contribution in [0.15, 0.2) is 0 Å². The Morgan fingerprint density at radius 1 is 1.35 bits per heavy atom. The number of amides is 1. The number of ether oxygens (including phenoxy) is 1. The third-order valence-electron chi connectivity index (χ3n) is 2.94. The molecule has 17 heavy (non-hydrogen) atoms. The Hall–Kier alpha value is -1.10. The van der Waals surface area contributed by atoms with Gasteiger partial charge in [0, 0.05) is 12.6 Å². The molecule has 0 spiro atoms. The second kappa shape index (κ2) is 6.00. The second-order valence-corrected chi connectivity index (χ2v) is 4.65. The van der Waals surface area contributed by atoms with Crippen LogP contribution in [0.5, 0.6) is 0 Å². The van der Waals surface area contributed by atoms with Gasteiger partial charge < -0.3 is 14.7 Å². The van der Waals surface area contributed by atoms with Crippen molar-refractivity contribution >= 4 is 11.9 Å². The molecule has 1 aliphatic rings. The van der Waals surface area contributed by atoms with E-state index in [4.69, 9.17) is 9.84 Å². The number of nitrogens with zero attached hydrogens (tertiary/aromatic N) is 1. The highest BCUT2D eigenvalue weighted by Gasteiger charge is 2.37. The van der Waals surface area contributed by atoms with E-state index in [1.54, 1.807) is 4.90 Å². The lowest BCUT2D eigenvalue weighted by atomic mass is 10.1. The highest BCUT2D eigenvalue weighted by Crippen LogP contribution is 2.22. The first-order valence-electron chi connectivity index (χ1n) is 6.16. The van der Waals surface area contributed by atoms with Gasteiger partial charge in [0.1, 0.15) is 6.10 Å². The Labute approximate surface area is 102 Å². The molecule has 1 N–H and O–H groups in total. The Bertz CT molecular complexity index is 290. The van der Waals surface area contributed by atoms with Gasteiger partial charge in [-0.1, -0.05) is 6.92 Å². The normalized spacial score (nSPS) is 24.0. The van der Waals surface area contributed by atoms with Gasteiger partial charge >= 0.3 is 5.97 Å². The molecule has 1 aliphatic heterocycles. The van der Waals surface area contributed by atoms with Gasteiger partial charge in [-0.25, -0.2) is 4.79 Å². The van der Waals surface area contributed by atoms with Crippen LogP contribution in [0, 0.1) is 0 Å². The smallest absolute Gasteiger partial charge is 0.332 e. The lowest BCUT2D eigenvalue weighted by Crippen LogP contribution is -2.44. The van der Waals surface area contributed by atoms with Crippen molar-refractivity contribution in [1.82, 2.24) is 4.90 Å². The van der Waals surface area contributed by atoms with Crippen molar-refractivity contribution in [2.75, 3.05) is 6.54 Å². The van der Waals surface area contributed by atoms with E-state index in [2.05, 4.69) is 0 Å². The van der Waals surface area contributed by atoms with Crippen molar-refractivity contribution in [2.24, 2.45) is 0 Å². The Morgan fingerprint density at radius 3 is 2.35 bits per heavy atom. The number of hydrogen-bond acceptors (Lipinski definition) is 3. The van der Waals surface area contributed by atoms with E-state index in [0.717, 1.165) is 6.42 Å². The number of carboxylic acids is 1. The molecular weight excluding hydrogens is 222 g/mol. The predicted molar refractivity (Wildman–Crippen MR) is 62.7 cm³/mol. The average molecular weight is 243 g/mol. The van der Waals surface area contributed by atoms with Crippen LogP contribution in [0.1, 0.15) is 40.0 Å². The maximum absolute atomic E-state index is 12.2. The first kappa shape index (κ1) is 14.0. The molecule has 0 aromatic carbocycles. The van der Waals surface area contributed by atoms with Crippen LogP contribution in [0.4, 0.5) is 0 Å². The lowest BCUT2D eigenvalue weighted by Gasteiger charge is -2.28. The van der Waals surface area contributed by atoms with Crippen molar-refractivity contribution < 1.29 is 19.4 Å². The lowest BCUT2D eigenvalue weighted by molar-refractivity contribution is -0.155. The standard InChI is InChI=1S/C12H21NO4/c1-4-7-13(8(2)3)11(14)9-5-6-10(17-9)12(15)16/h8-10H,4-7H2,1-3H3,(H,15,16). The van der Waals surface area contributed by atoms with Gasteiger partial charge in [-0.2, -0.15) is 0 Å². The number of carbonyl (C=O) groups is 2. The number of carbonyl (C=O) groups excluding carboxylic acids is 1. The van der Waals surface area contributed by atoms with Crippen LogP contribution >= 0.6 is 0 Å². The molecule has 1 amide bonds. The Morgan fingerprint density at radius 2 is 1.94 bits per heavy atom. The van der Waals surface area contributed by atoms with Crippen molar-refractivity contribution in [1.29, 1.82) is 0 Å². The topological polar surface area (TPSA) is 66.8 Å². The summed E-state index contributed by atoms with van der Waals surface area (Å²) in [7, 11) is 0. The Kier molecular flexibility index (Phi) is 4.93. The van der Waals surface area contributed by atoms with E-state index >= 15 is 0 Å². The van der Waals surface area contributed by atoms with E-state index in [1.165, 1.54) is 0 Å². The summed E-state index contributed by atoms with van der Waals surface area (Å²) in [6.45, 7) is 6.61. The molecule has 0 aromatic heterocycles. The molecule has 1 rings (SSSR count). The molecule has 2 atom stereocenters. The fraction of sp³-hybridized carbons (Fsp3) is 0.833. The van der Waals surface area contributed by atoms with E-state index in [9.17, 15) is 9.59 Å². The first-order valence-corrected chi connectivity index (χ1v) is 6.16. The molecule has 98 valence electrons. The third kappa shape index (κ3) is 3.43. The maximum atomic E-state index is 12.2. The van der Waals surface area contributed by atoms with Gasteiger partial charge in [0.05, 0.1) is 0 Å². The number of rotatable bonds is 5. The minimum atomic E-state index is -0.980. The number of aliphatic carboxylic acids is 1. The molecule has 2 unspecified atom stereocenters. The van der Waals surface area contributed by atoms with E-state index in [0.29, 0.717) is 19.4 Å². The largest absolute Gasteiger partial charge is 0.479 e. The first-order chi connectivity index (χ1) is 7.97. The summed E-state index contributed by atoms with van der Waals surface area (Å²) < 4.78 is 5.27.